The van der Waals surface area contributed by atoms with Gasteiger partial charge in [-0.2, -0.15) is 0 Å². The molecule has 0 aliphatic carbocycles. The molecule has 6 saturated heterocycles. The summed E-state index contributed by atoms with van der Waals surface area (Å²) in [6.45, 7) is 12.9. The van der Waals surface area contributed by atoms with Crippen LogP contribution in [0.25, 0.3) is 6.08 Å². The van der Waals surface area contributed by atoms with Crippen LogP contribution in [0.15, 0.2) is 36.4 Å². The molecule has 26 heteroatoms. The van der Waals surface area contributed by atoms with Crippen LogP contribution in [0.5, 0.6) is 0 Å². The topological polar surface area (TPSA) is 359 Å². The summed E-state index contributed by atoms with van der Waals surface area (Å²) in [6.07, 6.45) is -19.6. The number of hydrogen-bond donors (Lipinski definition) is 8. The normalized spacial score (nSPS) is 38.3. The van der Waals surface area contributed by atoms with E-state index in [1.165, 1.54) is 32.9 Å². The minimum absolute atomic E-state index is 0.0523. The van der Waals surface area contributed by atoms with Crippen molar-refractivity contribution in [2.24, 2.45) is 5.92 Å². The standard InChI is InChI=1S/C72H116O26/c1-9-12-14-15-16-17-20-23-31-37-50(75)93-66-65(98-68-56(81)54(79)53(78)48(40-73)90-68)61(96-69-58(83)62(94-67(84)41(4)11-3)60(44(7)86-69)91-51(76)39-38-46-32-27-25-28-33-46)45(8)88-72(66)95-59-43(6)87-71-64(57(59)82)92-49(74)36-30-24-21-18-19-22-29-35-47(34-26-13-10-2)89-70-63(97-71)55(80)52(77)42(5)85-70/h25,27-28,32-33,38-39,41-45,47-48,52-66,68-73,77-83H,9-24,26,29-31,34-37,40H2,1-8H3/b39-38+/t41-,42+,43-,44-,45-,47-,48+,52-,53+,54-,55-,56+,57+,58+,59-,60-,61-,62-,63+,64+,65+,66+,68-,69-,70-,71-,72-/m0/s1. The molecule has 7 rings (SSSR count). The Kier molecular flexibility index (Phi) is 34.4. The molecule has 0 bridgehead atoms. The summed E-state index contributed by atoms with van der Waals surface area (Å²) in [6, 6.07) is 8.92. The zero-order chi connectivity index (χ0) is 71.0. The summed E-state index contributed by atoms with van der Waals surface area (Å²) < 4.78 is 89.4. The molecule has 98 heavy (non-hydrogen) atoms. The van der Waals surface area contributed by atoms with E-state index in [0.717, 1.165) is 103 Å². The molecular formula is C72H116O26. The third-order valence-electron chi connectivity index (χ3n) is 19.6. The fraction of sp³-hybridized carbons (Fsp3) is 0.833. The van der Waals surface area contributed by atoms with Crippen molar-refractivity contribution in [3.63, 3.8) is 0 Å². The molecule has 0 unspecified atom stereocenters. The number of aliphatic hydroxyl groups excluding tert-OH is 8. The molecule has 8 N–H and O–H groups in total. The highest BCUT2D eigenvalue weighted by Gasteiger charge is 2.59. The Bertz CT molecular complexity index is 2510. The molecule has 0 amide bonds. The van der Waals surface area contributed by atoms with Gasteiger partial charge >= 0.3 is 23.9 Å². The summed E-state index contributed by atoms with van der Waals surface area (Å²) in [4.78, 5) is 55.8. The van der Waals surface area contributed by atoms with Gasteiger partial charge in [0, 0.05) is 18.9 Å². The first-order chi connectivity index (χ1) is 47.1. The van der Waals surface area contributed by atoms with Gasteiger partial charge in [0.15, 0.2) is 55.9 Å². The van der Waals surface area contributed by atoms with Crippen molar-refractivity contribution < 1.29 is 126 Å². The van der Waals surface area contributed by atoms with E-state index in [1.807, 2.05) is 6.07 Å². The third kappa shape index (κ3) is 23.3. The average molecular weight is 1400 g/mol. The molecule has 6 aliphatic rings. The molecule has 0 saturated carbocycles. The average Bonchev–Trinajstić information content (AvgIpc) is 0.763. The van der Waals surface area contributed by atoms with Crippen molar-refractivity contribution in [2.75, 3.05) is 6.61 Å². The predicted octanol–water partition coefficient (Wildman–Crippen LogP) is 6.57. The lowest BCUT2D eigenvalue weighted by molar-refractivity contribution is -0.400. The SMILES string of the molecule is CCCCCCCCCCCC(=O)O[C@H]1[C@H](O[C@@H]2[C@@H](O)[C@H]3OC(=O)CCCCCCCCC[C@H](CCCCC)O[C@@H]4O[C@H](C)[C@H](O)[C@H](O)[C@H]4O[C@@H]3O[C@H]2C)O[C@@H](C)[C@H](O[C@@H]2O[C@@H](C)[C@H](OC(=O)/C=C/c3ccccc3)[C@@H](OC(=O)[C@@H](C)CC)[C@H]2O)[C@H]1O[C@@H]1O[C@H](CO)[C@@H](O)[C@H](O)[C@H]1O. The highest BCUT2D eigenvalue weighted by Crippen LogP contribution is 2.40. The maximum absolute atomic E-state index is 14.5. The summed E-state index contributed by atoms with van der Waals surface area (Å²) in [5, 5.41) is 92.5. The van der Waals surface area contributed by atoms with E-state index >= 15 is 0 Å². The number of hydrogen-bond acceptors (Lipinski definition) is 26. The highest BCUT2D eigenvalue weighted by atomic mass is 16.8. The second-order valence-corrected chi connectivity index (χ2v) is 27.5. The maximum atomic E-state index is 14.5. The Labute approximate surface area is 577 Å². The number of esters is 4. The molecule has 0 aromatic heterocycles. The smallest absolute Gasteiger partial charge is 0.331 e. The minimum Gasteiger partial charge on any atom is -0.455 e. The first-order valence-corrected chi connectivity index (χ1v) is 36.5. The van der Waals surface area contributed by atoms with Crippen LogP contribution >= 0.6 is 0 Å². The second-order valence-electron chi connectivity index (χ2n) is 27.5. The molecule has 0 spiro atoms. The van der Waals surface area contributed by atoms with Gasteiger partial charge in [-0.05, 0) is 71.4 Å². The van der Waals surface area contributed by atoms with Crippen molar-refractivity contribution in [3.05, 3.63) is 42.0 Å². The van der Waals surface area contributed by atoms with Crippen molar-refractivity contribution >= 4 is 30.0 Å². The van der Waals surface area contributed by atoms with E-state index in [2.05, 4.69) is 13.8 Å². The molecule has 6 fully saturated rings. The number of benzene rings is 1. The number of rotatable bonds is 28. The van der Waals surface area contributed by atoms with Crippen LogP contribution in [0.4, 0.5) is 0 Å². The van der Waals surface area contributed by atoms with E-state index in [0.29, 0.717) is 44.1 Å². The van der Waals surface area contributed by atoms with E-state index in [4.69, 9.17) is 66.3 Å². The van der Waals surface area contributed by atoms with Crippen molar-refractivity contribution in [3.8, 4) is 0 Å². The molecule has 0 radical (unpaired) electrons. The quantitative estimate of drug-likeness (QED) is 0.0190. The zero-order valence-electron chi connectivity index (χ0n) is 58.7. The van der Waals surface area contributed by atoms with Crippen LogP contribution in [0.1, 0.15) is 215 Å². The van der Waals surface area contributed by atoms with Crippen LogP contribution < -0.4 is 0 Å². The molecule has 560 valence electrons. The Morgan fingerprint density at radius 2 is 1.10 bits per heavy atom. The number of unbranched alkanes of at least 4 members (excludes halogenated alkanes) is 10. The van der Waals surface area contributed by atoms with Crippen molar-refractivity contribution in [1.29, 1.82) is 0 Å². The van der Waals surface area contributed by atoms with Crippen molar-refractivity contribution in [2.45, 2.75) is 369 Å². The highest BCUT2D eigenvalue weighted by molar-refractivity contribution is 5.87. The summed E-state index contributed by atoms with van der Waals surface area (Å²) in [5.41, 5.74) is 0.683. The van der Waals surface area contributed by atoms with Crippen molar-refractivity contribution in [1.82, 2.24) is 0 Å². The van der Waals surface area contributed by atoms with Crippen LogP contribution in [0, 0.1) is 5.92 Å². The van der Waals surface area contributed by atoms with Crippen LogP contribution in [0.2, 0.25) is 0 Å². The molecule has 6 heterocycles. The first kappa shape index (κ1) is 81.4. The van der Waals surface area contributed by atoms with Crippen LogP contribution in [0.3, 0.4) is 0 Å². The maximum Gasteiger partial charge on any atom is 0.331 e. The van der Waals surface area contributed by atoms with E-state index in [-0.39, 0.29) is 18.9 Å². The number of fused-ring (bicyclic) bond motifs is 2. The van der Waals surface area contributed by atoms with E-state index < -0.39 is 190 Å². The van der Waals surface area contributed by atoms with Gasteiger partial charge in [0.2, 0.25) is 0 Å². The number of carbonyl (C=O) groups excluding carboxylic acids is 4. The number of carbonyl (C=O) groups is 4. The summed E-state index contributed by atoms with van der Waals surface area (Å²) in [7, 11) is 0. The molecular weight excluding hydrogens is 1280 g/mol. The molecule has 1 aromatic carbocycles. The van der Waals surface area contributed by atoms with Gasteiger partial charge in [0.25, 0.3) is 0 Å². The van der Waals surface area contributed by atoms with Gasteiger partial charge < -0.3 is 107 Å². The third-order valence-corrected chi connectivity index (χ3v) is 19.6. The van der Waals surface area contributed by atoms with Gasteiger partial charge in [-0.1, -0.05) is 167 Å². The monoisotopic (exact) mass is 1400 g/mol. The lowest BCUT2D eigenvalue weighted by Gasteiger charge is -2.51. The lowest BCUT2D eigenvalue weighted by atomic mass is 9.95. The minimum atomic E-state index is -2.05. The summed E-state index contributed by atoms with van der Waals surface area (Å²) in [5.74, 6) is -3.80. The van der Waals surface area contributed by atoms with Gasteiger partial charge in [-0.25, -0.2) is 4.79 Å². The lowest BCUT2D eigenvalue weighted by Crippen LogP contribution is -2.68. The first-order valence-electron chi connectivity index (χ1n) is 36.5. The Hall–Kier alpha value is -3.88. The fourth-order valence-electron chi connectivity index (χ4n) is 13.4. The Morgan fingerprint density at radius 1 is 0.520 bits per heavy atom. The fourth-order valence-corrected chi connectivity index (χ4v) is 13.4. The van der Waals surface area contributed by atoms with E-state index in [1.54, 1.807) is 45.0 Å². The largest absolute Gasteiger partial charge is 0.455 e. The number of ether oxygens (including phenoxy) is 14. The van der Waals surface area contributed by atoms with Gasteiger partial charge in [-0.3, -0.25) is 14.4 Å². The molecule has 1 aromatic rings. The Balaban J connectivity index is 1.25. The molecule has 6 aliphatic heterocycles. The number of aliphatic hydroxyl groups is 8. The van der Waals surface area contributed by atoms with Crippen LogP contribution in [-0.2, 0) is 85.5 Å². The van der Waals surface area contributed by atoms with Gasteiger partial charge in [-0.15, -0.1) is 0 Å². The van der Waals surface area contributed by atoms with Crippen LogP contribution in [-0.4, -0.2) is 231 Å². The predicted molar refractivity (Wildman–Crippen MR) is 351 cm³/mol. The zero-order valence-corrected chi connectivity index (χ0v) is 58.7. The van der Waals surface area contributed by atoms with E-state index in [9.17, 15) is 60.0 Å². The second kappa shape index (κ2) is 41.4. The van der Waals surface area contributed by atoms with Gasteiger partial charge in [0.1, 0.15) is 73.2 Å². The molecule has 27 atom stereocenters. The molecule has 26 nitrogen and oxygen atoms in total. The van der Waals surface area contributed by atoms with Gasteiger partial charge in [0.05, 0.1) is 43.0 Å². The Morgan fingerprint density at radius 3 is 1.79 bits per heavy atom. The summed E-state index contributed by atoms with van der Waals surface area (Å²) >= 11 is 0.